The minimum absolute atomic E-state index is 0.638. The van der Waals surface area contributed by atoms with E-state index in [0.717, 1.165) is 47.4 Å². The molecule has 21 heavy (non-hydrogen) atoms. The number of ether oxygens (including phenoxy) is 2. The number of anilines is 2. The van der Waals surface area contributed by atoms with Crippen LogP contribution in [-0.4, -0.2) is 29.7 Å². The van der Waals surface area contributed by atoms with Gasteiger partial charge in [-0.25, -0.2) is 4.98 Å². The third-order valence-electron chi connectivity index (χ3n) is 2.91. The average Bonchev–Trinajstić information content (AvgIpc) is 2.93. The molecule has 0 radical (unpaired) electrons. The number of benzene rings is 1. The van der Waals surface area contributed by atoms with Crippen molar-refractivity contribution in [1.82, 2.24) is 9.36 Å². The molecule has 114 valence electrons. The van der Waals surface area contributed by atoms with Crippen LogP contribution in [0.25, 0.3) is 0 Å². The summed E-state index contributed by atoms with van der Waals surface area (Å²) in [6, 6.07) is 6.01. The van der Waals surface area contributed by atoms with Gasteiger partial charge in [0.2, 0.25) is 5.13 Å². The zero-order valence-corrected chi connectivity index (χ0v) is 13.5. The lowest BCUT2D eigenvalue weighted by Gasteiger charge is -2.09. The summed E-state index contributed by atoms with van der Waals surface area (Å²) in [5.74, 6) is 1.71. The number of hydrogen-bond donors (Lipinski definition) is 1. The summed E-state index contributed by atoms with van der Waals surface area (Å²) >= 11 is 1.36. The van der Waals surface area contributed by atoms with Crippen molar-refractivity contribution in [3.8, 4) is 5.75 Å². The van der Waals surface area contributed by atoms with E-state index in [0.29, 0.717) is 6.61 Å². The number of nitrogens with zero attached hydrogens (tertiary/aromatic N) is 2. The fourth-order valence-corrected chi connectivity index (χ4v) is 2.43. The summed E-state index contributed by atoms with van der Waals surface area (Å²) in [6.07, 6.45) is 1.74. The van der Waals surface area contributed by atoms with Gasteiger partial charge in [0.25, 0.3) is 0 Å². The second-order valence-electron chi connectivity index (χ2n) is 4.71. The number of aryl methyl sites for hydroxylation is 1. The summed E-state index contributed by atoms with van der Waals surface area (Å²) in [6.45, 7) is 5.53. The smallest absolute Gasteiger partial charge is 0.207 e. The highest BCUT2D eigenvalue weighted by molar-refractivity contribution is 7.09. The lowest BCUT2D eigenvalue weighted by molar-refractivity contribution is 0.201. The molecule has 0 saturated heterocycles. The maximum absolute atomic E-state index is 5.62. The van der Waals surface area contributed by atoms with Crippen molar-refractivity contribution in [3.63, 3.8) is 0 Å². The first-order chi connectivity index (χ1) is 10.2. The van der Waals surface area contributed by atoms with Gasteiger partial charge in [0.15, 0.2) is 0 Å². The number of methoxy groups -OCH3 is 1. The molecule has 0 amide bonds. The van der Waals surface area contributed by atoms with Crippen LogP contribution in [0.1, 0.15) is 24.7 Å². The molecule has 1 heterocycles. The van der Waals surface area contributed by atoms with E-state index in [4.69, 9.17) is 9.47 Å². The minimum Gasteiger partial charge on any atom is -0.494 e. The van der Waals surface area contributed by atoms with Crippen LogP contribution in [0, 0.1) is 6.92 Å². The van der Waals surface area contributed by atoms with E-state index in [2.05, 4.69) is 21.6 Å². The summed E-state index contributed by atoms with van der Waals surface area (Å²) in [7, 11) is 1.68. The summed E-state index contributed by atoms with van der Waals surface area (Å²) in [5.41, 5.74) is 2.14. The lowest BCUT2D eigenvalue weighted by Crippen LogP contribution is -1.98. The van der Waals surface area contributed by atoms with Crippen molar-refractivity contribution in [1.29, 1.82) is 0 Å². The predicted octanol–water partition coefficient (Wildman–Crippen LogP) is 3.57. The fraction of sp³-hybridized carbons (Fsp3) is 0.467. The van der Waals surface area contributed by atoms with Crippen LogP contribution in [0.5, 0.6) is 5.75 Å². The van der Waals surface area contributed by atoms with Crippen molar-refractivity contribution in [2.75, 3.05) is 25.6 Å². The molecule has 1 aromatic carbocycles. The third kappa shape index (κ3) is 4.68. The summed E-state index contributed by atoms with van der Waals surface area (Å²) < 4.78 is 15.0. The first-order valence-corrected chi connectivity index (χ1v) is 7.82. The normalized spacial score (nSPS) is 10.6. The maximum Gasteiger partial charge on any atom is 0.207 e. The predicted molar refractivity (Wildman–Crippen MR) is 85.7 cm³/mol. The molecule has 1 aromatic heterocycles. The van der Waals surface area contributed by atoms with Gasteiger partial charge in [-0.15, -0.1) is 0 Å². The molecule has 0 aliphatic carbocycles. The highest BCUT2D eigenvalue weighted by Gasteiger charge is 2.06. The molecule has 0 bridgehead atoms. The summed E-state index contributed by atoms with van der Waals surface area (Å²) in [4.78, 5) is 4.44. The van der Waals surface area contributed by atoms with Crippen LogP contribution in [0.2, 0.25) is 0 Å². The fourth-order valence-electron chi connectivity index (χ4n) is 1.80. The van der Waals surface area contributed by atoms with Crippen LogP contribution < -0.4 is 10.1 Å². The van der Waals surface area contributed by atoms with Crippen molar-refractivity contribution in [3.05, 3.63) is 29.6 Å². The van der Waals surface area contributed by atoms with Gasteiger partial charge in [-0.05, 0) is 37.1 Å². The largest absolute Gasteiger partial charge is 0.494 e. The van der Waals surface area contributed by atoms with Gasteiger partial charge in [0.1, 0.15) is 11.6 Å². The van der Waals surface area contributed by atoms with Crippen LogP contribution in [0.15, 0.2) is 18.2 Å². The van der Waals surface area contributed by atoms with E-state index in [9.17, 15) is 0 Å². The van der Waals surface area contributed by atoms with Crippen molar-refractivity contribution >= 4 is 22.4 Å². The van der Waals surface area contributed by atoms with Crippen LogP contribution >= 0.6 is 11.5 Å². The van der Waals surface area contributed by atoms with E-state index in [1.165, 1.54) is 11.5 Å². The number of rotatable bonds is 8. The molecule has 0 spiro atoms. The second-order valence-corrected chi connectivity index (χ2v) is 5.46. The molecule has 5 nitrogen and oxygen atoms in total. The molecule has 1 N–H and O–H groups in total. The highest BCUT2D eigenvalue weighted by Crippen LogP contribution is 2.25. The Balaban J connectivity index is 2.00. The molecule has 2 rings (SSSR count). The van der Waals surface area contributed by atoms with E-state index in [1.54, 1.807) is 7.11 Å². The van der Waals surface area contributed by atoms with Gasteiger partial charge in [-0.1, -0.05) is 6.92 Å². The van der Waals surface area contributed by atoms with Gasteiger partial charge >= 0.3 is 0 Å². The molecule has 0 atom stereocenters. The number of hydrogen-bond acceptors (Lipinski definition) is 6. The standard InChI is InChI=1S/C15H21N3O2S/c1-4-8-20-12-5-6-13(11(2)10-12)16-15-17-14(18-21-15)7-9-19-3/h5-6,10H,4,7-9H2,1-3H3,(H,16,17,18). The van der Waals surface area contributed by atoms with Gasteiger partial charge < -0.3 is 14.8 Å². The average molecular weight is 307 g/mol. The maximum atomic E-state index is 5.62. The van der Waals surface area contributed by atoms with Gasteiger partial charge in [0.05, 0.1) is 13.2 Å². The van der Waals surface area contributed by atoms with Crippen molar-refractivity contribution < 1.29 is 9.47 Å². The van der Waals surface area contributed by atoms with Crippen LogP contribution in [0.4, 0.5) is 10.8 Å². The Bertz CT molecular complexity index is 572. The van der Waals surface area contributed by atoms with E-state index >= 15 is 0 Å². The Morgan fingerprint density at radius 1 is 1.29 bits per heavy atom. The molecule has 0 saturated carbocycles. The SMILES string of the molecule is CCCOc1ccc(Nc2nc(CCOC)ns2)c(C)c1. The van der Waals surface area contributed by atoms with E-state index in [1.807, 2.05) is 25.1 Å². The third-order valence-corrected chi connectivity index (χ3v) is 3.58. The van der Waals surface area contributed by atoms with E-state index < -0.39 is 0 Å². The first-order valence-electron chi connectivity index (χ1n) is 7.05. The number of nitrogens with one attached hydrogen (secondary N) is 1. The van der Waals surface area contributed by atoms with Crippen LogP contribution in [0.3, 0.4) is 0 Å². The Labute approximate surface area is 129 Å². The van der Waals surface area contributed by atoms with Crippen LogP contribution in [-0.2, 0) is 11.2 Å². The molecule has 6 heteroatoms. The number of aromatic nitrogens is 2. The Kier molecular flexibility index (Phi) is 5.95. The second kappa shape index (κ2) is 7.95. The van der Waals surface area contributed by atoms with Crippen molar-refractivity contribution in [2.45, 2.75) is 26.7 Å². The van der Waals surface area contributed by atoms with E-state index in [-0.39, 0.29) is 0 Å². The molecule has 2 aromatic rings. The zero-order chi connectivity index (χ0) is 15.1. The Hall–Kier alpha value is -1.66. The molecular formula is C15H21N3O2S. The molecule has 0 aliphatic rings. The molecular weight excluding hydrogens is 286 g/mol. The zero-order valence-electron chi connectivity index (χ0n) is 12.7. The highest BCUT2D eigenvalue weighted by atomic mass is 32.1. The summed E-state index contributed by atoms with van der Waals surface area (Å²) in [5, 5.41) is 4.10. The molecule has 0 unspecified atom stereocenters. The minimum atomic E-state index is 0.638. The van der Waals surface area contributed by atoms with Gasteiger partial charge in [-0.2, -0.15) is 4.37 Å². The monoisotopic (exact) mass is 307 g/mol. The Morgan fingerprint density at radius 3 is 2.86 bits per heavy atom. The topological polar surface area (TPSA) is 56.3 Å². The Morgan fingerprint density at radius 2 is 2.14 bits per heavy atom. The lowest BCUT2D eigenvalue weighted by atomic mass is 10.2. The van der Waals surface area contributed by atoms with Gasteiger partial charge in [0, 0.05) is 30.8 Å². The van der Waals surface area contributed by atoms with Crippen molar-refractivity contribution in [2.24, 2.45) is 0 Å². The van der Waals surface area contributed by atoms with Gasteiger partial charge in [-0.3, -0.25) is 0 Å². The first kappa shape index (κ1) is 15.7. The molecule has 0 aliphatic heterocycles. The quantitative estimate of drug-likeness (QED) is 0.808. The molecule has 0 fully saturated rings.